The summed E-state index contributed by atoms with van der Waals surface area (Å²) in [6.07, 6.45) is 1.59. The summed E-state index contributed by atoms with van der Waals surface area (Å²) in [5.74, 6) is 0. The average Bonchev–Trinajstić information content (AvgIpc) is 1.98. The first-order valence-corrected chi connectivity index (χ1v) is 5.85. The first-order valence-electron chi connectivity index (χ1n) is 3.96. The third kappa shape index (κ3) is 9.27. The molecule has 0 amide bonds. The van der Waals surface area contributed by atoms with Gasteiger partial charge in [-0.1, -0.05) is 0 Å². The van der Waals surface area contributed by atoms with E-state index < -0.39 is 10.0 Å². The molecule has 6 heteroatoms. The third-order valence-corrected chi connectivity index (χ3v) is 2.19. The van der Waals surface area contributed by atoms with Gasteiger partial charge in [0.05, 0.1) is 12.3 Å². The van der Waals surface area contributed by atoms with Gasteiger partial charge < -0.3 is 4.90 Å². The minimum Gasteiger partial charge on any atom is -0.304 e. The van der Waals surface area contributed by atoms with Gasteiger partial charge in [-0.2, -0.15) is 5.26 Å². The van der Waals surface area contributed by atoms with Crippen LogP contribution in [0.5, 0.6) is 0 Å². The van der Waals surface area contributed by atoms with Crippen LogP contribution in [0.25, 0.3) is 0 Å². The quantitative estimate of drug-likeness (QED) is 0.627. The zero-order chi connectivity index (χ0) is 10.3. The molecular weight excluding hydrogens is 190 g/mol. The van der Waals surface area contributed by atoms with Crippen LogP contribution in [0, 0.1) is 11.3 Å². The summed E-state index contributed by atoms with van der Waals surface area (Å²) in [6.45, 7) is 1.68. The Morgan fingerprint density at radius 2 is 2.08 bits per heavy atom. The molecule has 0 aliphatic rings. The standard InChI is InChI=1S/C7H15N3O2S/c1-10(6-3-4-8)7-5-9-13(2,11)12/h9H,3,5-7H2,1-2H3. The molecule has 0 saturated carbocycles. The smallest absolute Gasteiger partial charge is 0.208 e. The maximum atomic E-state index is 10.6. The Labute approximate surface area is 79.4 Å². The first kappa shape index (κ1) is 12.4. The van der Waals surface area contributed by atoms with Crippen molar-refractivity contribution in [2.24, 2.45) is 0 Å². The van der Waals surface area contributed by atoms with Gasteiger partial charge >= 0.3 is 0 Å². The van der Waals surface area contributed by atoms with Crippen LogP contribution >= 0.6 is 0 Å². The highest BCUT2D eigenvalue weighted by molar-refractivity contribution is 7.88. The van der Waals surface area contributed by atoms with Gasteiger partial charge in [0.2, 0.25) is 10.0 Å². The van der Waals surface area contributed by atoms with Crippen molar-refractivity contribution >= 4 is 10.0 Å². The number of hydrogen-bond acceptors (Lipinski definition) is 4. The molecule has 0 aromatic carbocycles. The molecule has 0 aromatic rings. The Balaban J connectivity index is 3.49. The Kier molecular flexibility index (Phi) is 5.62. The molecule has 0 spiro atoms. The van der Waals surface area contributed by atoms with E-state index in [1.165, 1.54) is 0 Å². The van der Waals surface area contributed by atoms with Crippen LogP contribution in [-0.2, 0) is 10.0 Å². The summed E-state index contributed by atoms with van der Waals surface area (Å²) in [5.41, 5.74) is 0. The van der Waals surface area contributed by atoms with Crippen LogP contribution in [0.3, 0.4) is 0 Å². The predicted molar refractivity (Wildman–Crippen MR) is 50.6 cm³/mol. The van der Waals surface area contributed by atoms with Gasteiger partial charge in [-0.25, -0.2) is 13.1 Å². The maximum absolute atomic E-state index is 10.6. The van der Waals surface area contributed by atoms with Crippen molar-refractivity contribution in [2.75, 3.05) is 32.9 Å². The second-order valence-corrected chi connectivity index (χ2v) is 4.71. The van der Waals surface area contributed by atoms with Crippen LogP contribution in [0.15, 0.2) is 0 Å². The van der Waals surface area contributed by atoms with Crippen LogP contribution in [-0.4, -0.2) is 46.3 Å². The van der Waals surface area contributed by atoms with E-state index in [2.05, 4.69) is 4.72 Å². The SMILES string of the molecule is CN(CCC#N)CCNS(C)(=O)=O. The molecule has 0 atom stereocenters. The molecule has 0 fully saturated rings. The normalized spacial score (nSPS) is 11.5. The fourth-order valence-electron chi connectivity index (χ4n) is 0.775. The zero-order valence-corrected chi connectivity index (χ0v) is 8.76. The lowest BCUT2D eigenvalue weighted by Gasteiger charge is -2.14. The van der Waals surface area contributed by atoms with E-state index in [-0.39, 0.29) is 0 Å². The van der Waals surface area contributed by atoms with Crippen molar-refractivity contribution in [3.63, 3.8) is 0 Å². The summed E-state index contributed by atoms with van der Waals surface area (Å²) < 4.78 is 23.7. The summed E-state index contributed by atoms with van der Waals surface area (Å²) in [5, 5.41) is 8.28. The van der Waals surface area contributed by atoms with E-state index >= 15 is 0 Å². The molecule has 0 heterocycles. The number of nitriles is 1. The Bertz CT molecular complexity index is 268. The molecule has 0 unspecified atom stereocenters. The van der Waals surface area contributed by atoms with Crippen molar-refractivity contribution in [1.82, 2.24) is 9.62 Å². The first-order chi connectivity index (χ1) is 5.95. The molecule has 13 heavy (non-hydrogen) atoms. The van der Waals surface area contributed by atoms with Crippen LogP contribution in [0.1, 0.15) is 6.42 Å². The van der Waals surface area contributed by atoms with Gasteiger partial charge in [-0.15, -0.1) is 0 Å². The van der Waals surface area contributed by atoms with E-state index in [1.807, 2.05) is 18.0 Å². The molecule has 0 aromatic heterocycles. The summed E-state index contributed by atoms with van der Waals surface area (Å²) in [7, 11) is -1.23. The highest BCUT2D eigenvalue weighted by atomic mass is 32.2. The molecular formula is C7H15N3O2S. The highest BCUT2D eigenvalue weighted by Gasteiger charge is 2.01. The summed E-state index contributed by atoms with van der Waals surface area (Å²) in [4.78, 5) is 1.90. The number of rotatable bonds is 6. The maximum Gasteiger partial charge on any atom is 0.208 e. The Hall–Kier alpha value is -0.640. The van der Waals surface area contributed by atoms with Crippen molar-refractivity contribution in [1.29, 1.82) is 5.26 Å². The van der Waals surface area contributed by atoms with Crippen molar-refractivity contribution in [3.8, 4) is 6.07 Å². The highest BCUT2D eigenvalue weighted by Crippen LogP contribution is 1.84. The molecule has 5 nitrogen and oxygen atoms in total. The second kappa shape index (κ2) is 5.91. The Morgan fingerprint density at radius 1 is 1.46 bits per heavy atom. The molecule has 0 rings (SSSR count). The van der Waals surface area contributed by atoms with Gasteiger partial charge in [-0.05, 0) is 7.05 Å². The van der Waals surface area contributed by atoms with Crippen LogP contribution in [0.2, 0.25) is 0 Å². The van der Waals surface area contributed by atoms with Gasteiger partial charge in [0.25, 0.3) is 0 Å². The predicted octanol–water partition coefficient (Wildman–Crippen LogP) is -0.619. The second-order valence-electron chi connectivity index (χ2n) is 2.88. The molecule has 1 N–H and O–H groups in total. The monoisotopic (exact) mass is 205 g/mol. The fourth-order valence-corrected chi connectivity index (χ4v) is 1.24. The van der Waals surface area contributed by atoms with Gasteiger partial charge in [0, 0.05) is 26.1 Å². The summed E-state index contributed by atoms with van der Waals surface area (Å²) >= 11 is 0. The largest absolute Gasteiger partial charge is 0.304 e. The van der Waals surface area contributed by atoms with Gasteiger partial charge in [-0.3, -0.25) is 0 Å². The van der Waals surface area contributed by atoms with E-state index in [4.69, 9.17) is 5.26 Å². The van der Waals surface area contributed by atoms with E-state index in [0.717, 1.165) is 6.26 Å². The third-order valence-electron chi connectivity index (χ3n) is 1.46. The topological polar surface area (TPSA) is 73.2 Å². The lowest BCUT2D eigenvalue weighted by atomic mass is 10.4. The number of hydrogen-bond donors (Lipinski definition) is 1. The number of likely N-dealkylation sites (N-methyl/N-ethyl adjacent to an activating group) is 1. The number of nitrogens with one attached hydrogen (secondary N) is 1. The van der Waals surface area contributed by atoms with Crippen molar-refractivity contribution in [2.45, 2.75) is 6.42 Å². The minimum atomic E-state index is -3.08. The average molecular weight is 205 g/mol. The van der Waals surface area contributed by atoms with Crippen molar-refractivity contribution in [3.05, 3.63) is 0 Å². The Morgan fingerprint density at radius 3 is 2.54 bits per heavy atom. The van der Waals surface area contributed by atoms with Gasteiger partial charge in [0.1, 0.15) is 0 Å². The molecule has 0 radical (unpaired) electrons. The van der Waals surface area contributed by atoms with Gasteiger partial charge in [0.15, 0.2) is 0 Å². The molecule has 0 aliphatic carbocycles. The van der Waals surface area contributed by atoms with E-state index in [1.54, 1.807) is 0 Å². The van der Waals surface area contributed by atoms with Crippen LogP contribution < -0.4 is 4.72 Å². The summed E-state index contributed by atoms with van der Waals surface area (Å²) in [6, 6.07) is 2.02. The zero-order valence-electron chi connectivity index (χ0n) is 7.95. The van der Waals surface area contributed by atoms with Crippen LogP contribution in [0.4, 0.5) is 0 Å². The number of nitrogens with zero attached hydrogens (tertiary/aromatic N) is 2. The molecule has 0 aliphatic heterocycles. The lowest BCUT2D eigenvalue weighted by molar-refractivity contribution is 0.347. The van der Waals surface area contributed by atoms with E-state index in [0.29, 0.717) is 26.1 Å². The molecule has 76 valence electrons. The lowest BCUT2D eigenvalue weighted by Crippen LogP contribution is -2.32. The molecule has 0 saturated heterocycles. The molecule has 0 bridgehead atoms. The number of sulfonamides is 1. The van der Waals surface area contributed by atoms with E-state index in [9.17, 15) is 8.42 Å². The van der Waals surface area contributed by atoms with Crippen molar-refractivity contribution < 1.29 is 8.42 Å². The fraction of sp³-hybridized carbons (Fsp3) is 0.857. The minimum absolute atomic E-state index is 0.390.